The van der Waals surface area contributed by atoms with E-state index in [2.05, 4.69) is 4.74 Å². The van der Waals surface area contributed by atoms with Crippen molar-refractivity contribution in [3.8, 4) is 0 Å². The monoisotopic (exact) mass is 564 g/mol. The fraction of sp³-hybridized carbons (Fsp3) is 0.833. The van der Waals surface area contributed by atoms with Gasteiger partial charge in [-0.15, -0.1) is 0 Å². The van der Waals surface area contributed by atoms with Gasteiger partial charge < -0.3 is 31.3 Å². The number of ether oxygens (including phenoxy) is 1. The summed E-state index contributed by atoms with van der Waals surface area (Å²) in [7, 11) is -0.524. The quantitative estimate of drug-likeness (QED) is 0.147. The second-order valence-electron chi connectivity index (χ2n) is 8.84. The van der Waals surface area contributed by atoms with E-state index < -0.39 is 29.5 Å². The SMILES string of the molecule is CCO[Si](CCCC1CC(=O)CC1=O)(OCC)OCC.CO[Si](CCCC1CC(=O)OC1=O)(OC)OC. The largest absolute Gasteiger partial charge is 0.500 e. The molecule has 0 amide bonds. The summed E-state index contributed by atoms with van der Waals surface area (Å²) in [5, 5.41) is 0. The fourth-order valence-electron chi connectivity index (χ4n) is 4.49. The summed E-state index contributed by atoms with van der Waals surface area (Å²) in [5.41, 5.74) is 0. The molecular formula is C24H44O11Si2. The van der Waals surface area contributed by atoms with Crippen LogP contribution in [0.5, 0.6) is 0 Å². The van der Waals surface area contributed by atoms with Crippen molar-refractivity contribution in [3.63, 3.8) is 0 Å². The van der Waals surface area contributed by atoms with Crippen LogP contribution in [0, 0.1) is 11.8 Å². The number of cyclic esters (lactones) is 2. The van der Waals surface area contributed by atoms with Crippen molar-refractivity contribution in [2.24, 2.45) is 11.8 Å². The Morgan fingerprint density at radius 2 is 1.22 bits per heavy atom. The molecule has 0 spiro atoms. The van der Waals surface area contributed by atoms with Crippen LogP contribution in [0.4, 0.5) is 0 Å². The summed E-state index contributed by atoms with van der Waals surface area (Å²) in [6, 6.07) is 1.33. The number of carbonyl (C=O) groups excluding carboxylic acids is 4. The third-order valence-corrected chi connectivity index (χ3v) is 12.3. The van der Waals surface area contributed by atoms with Crippen molar-refractivity contribution in [2.75, 3.05) is 41.2 Å². The lowest BCUT2D eigenvalue weighted by Gasteiger charge is -2.28. The van der Waals surface area contributed by atoms with Gasteiger partial charge in [0.25, 0.3) is 0 Å². The van der Waals surface area contributed by atoms with Crippen molar-refractivity contribution in [1.29, 1.82) is 0 Å². The third kappa shape index (κ3) is 11.1. The molecule has 13 heteroatoms. The average molecular weight is 565 g/mol. The molecule has 1 aliphatic heterocycles. The maximum Gasteiger partial charge on any atom is 0.500 e. The fourth-order valence-corrected chi connectivity index (χ4v) is 8.88. The van der Waals surface area contributed by atoms with Gasteiger partial charge in [0.1, 0.15) is 11.6 Å². The van der Waals surface area contributed by atoms with E-state index in [4.69, 9.17) is 26.6 Å². The van der Waals surface area contributed by atoms with Gasteiger partial charge >= 0.3 is 29.5 Å². The van der Waals surface area contributed by atoms with Crippen molar-refractivity contribution < 1.29 is 50.5 Å². The zero-order chi connectivity index (χ0) is 27.9. The summed E-state index contributed by atoms with van der Waals surface area (Å²) in [4.78, 5) is 45.0. The number of carbonyl (C=O) groups is 4. The van der Waals surface area contributed by atoms with Crippen LogP contribution < -0.4 is 0 Å². The lowest BCUT2D eigenvalue weighted by Crippen LogP contribution is -2.46. The summed E-state index contributed by atoms with van der Waals surface area (Å²) in [5.74, 6) is -1.11. The van der Waals surface area contributed by atoms with Gasteiger partial charge in [0.05, 0.1) is 18.8 Å². The Bertz CT molecular complexity index is 717. The molecule has 1 heterocycles. The molecule has 11 nitrogen and oxygen atoms in total. The molecule has 2 fully saturated rings. The molecule has 2 unspecified atom stereocenters. The van der Waals surface area contributed by atoms with Crippen molar-refractivity contribution in [1.82, 2.24) is 0 Å². The van der Waals surface area contributed by atoms with E-state index in [9.17, 15) is 19.2 Å². The van der Waals surface area contributed by atoms with E-state index in [1.165, 1.54) is 0 Å². The predicted molar refractivity (Wildman–Crippen MR) is 137 cm³/mol. The van der Waals surface area contributed by atoms with Crippen LogP contribution in [0.1, 0.15) is 65.7 Å². The molecule has 1 saturated heterocycles. The van der Waals surface area contributed by atoms with Crippen LogP contribution in [-0.4, -0.2) is 82.3 Å². The highest BCUT2D eigenvalue weighted by atomic mass is 28.4. The number of ketones is 2. The van der Waals surface area contributed by atoms with Crippen molar-refractivity contribution in [3.05, 3.63) is 0 Å². The maximum absolute atomic E-state index is 11.6. The molecule has 0 bridgehead atoms. The topological polar surface area (TPSA) is 133 Å². The summed E-state index contributed by atoms with van der Waals surface area (Å²) >= 11 is 0. The van der Waals surface area contributed by atoms with E-state index in [1.807, 2.05) is 20.8 Å². The van der Waals surface area contributed by atoms with Gasteiger partial charge in [-0.1, -0.05) is 0 Å². The first-order valence-electron chi connectivity index (χ1n) is 13.0. The molecule has 0 N–H and O–H groups in total. The van der Waals surface area contributed by atoms with E-state index >= 15 is 0 Å². The molecule has 1 saturated carbocycles. The summed E-state index contributed by atoms with van der Waals surface area (Å²) < 4.78 is 37.6. The van der Waals surface area contributed by atoms with Crippen LogP contribution in [0.15, 0.2) is 0 Å². The average Bonchev–Trinajstić information content (AvgIpc) is 3.36. The molecule has 2 atom stereocenters. The summed E-state index contributed by atoms with van der Waals surface area (Å²) in [6.07, 6.45) is 3.54. The highest BCUT2D eigenvalue weighted by molar-refractivity contribution is 6.61. The number of esters is 2. The second-order valence-corrected chi connectivity index (χ2v) is 14.7. The summed E-state index contributed by atoms with van der Waals surface area (Å²) in [6.45, 7) is 7.48. The van der Waals surface area contributed by atoms with Crippen LogP contribution in [0.3, 0.4) is 0 Å². The van der Waals surface area contributed by atoms with Gasteiger partial charge in [-0.2, -0.15) is 0 Å². The van der Waals surface area contributed by atoms with Gasteiger partial charge in [0.2, 0.25) is 0 Å². The van der Waals surface area contributed by atoms with Crippen LogP contribution in [0.2, 0.25) is 12.1 Å². The molecule has 0 aromatic carbocycles. The van der Waals surface area contributed by atoms with Gasteiger partial charge in [0, 0.05) is 65.6 Å². The third-order valence-electron chi connectivity index (χ3n) is 6.36. The molecule has 1 aliphatic carbocycles. The van der Waals surface area contributed by atoms with Crippen molar-refractivity contribution in [2.45, 2.75) is 77.8 Å². The Kier molecular flexibility index (Phi) is 15.8. The highest BCUT2D eigenvalue weighted by Gasteiger charge is 2.41. The first kappa shape index (κ1) is 33.7. The number of Topliss-reactive ketones (excluding diaryl/α,β-unsaturated/α-hetero) is 2. The minimum Gasteiger partial charge on any atom is -0.393 e. The van der Waals surface area contributed by atoms with E-state index in [-0.39, 0.29) is 36.2 Å². The smallest absolute Gasteiger partial charge is 0.393 e. The van der Waals surface area contributed by atoms with Crippen LogP contribution in [-0.2, 0) is 50.5 Å². The van der Waals surface area contributed by atoms with Gasteiger partial charge in [-0.25, -0.2) is 0 Å². The molecule has 37 heavy (non-hydrogen) atoms. The Hall–Kier alpha value is -1.33. The molecule has 0 aromatic heterocycles. The molecule has 0 radical (unpaired) electrons. The van der Waals surface area contributed by atoms with Crippen LogP contribution >= 0.6 is 0 Å². The minimum absolute atomic E-state index is 0.0722. The molecule has 2 rings (SSSR count). The normalized spacial score (nSPS) is 20.3. The molecule has 0 aromatic rings. The Labute approximate surface area is 222 Å². The second kappa shape index (κ2) is 17.3. The lowest BCUT2D eigenvalue weighted by atomic mass is 10.0. The van der Waals surface area contributed by atoms with Gasteiger partial charge in [-0.3, -0.25) is 19.2 Å². The molecular weight excluding hydrogens is 520 g/mol. The van der Waals surface area contributed by atoms with Gasteiger partial charge in [-0.05, 0) is 46.5 Å². The first-order valence-corrected chi connectivity index (χ1v) is 16.9. The highest BCUT2D eigenvalue weighted by Crippen LogP contribution is 2.27. The molecule has 214 valence electrons. The molecule has 2 aliphatic rings. The first-order chi connectivity index (χ1) is 17.6. The van der Waals surface area contributed by atoms with E-state index in [0.29, 0.717) is 51.2 Å². The zero-order valence-corrected chi connectivity index (χ0v) is 25.1. The zero-order valence-electron chi connectivity index (χ0n) is 23.1. The Balaban J connectivity index is 0.000000375. The Morgan fingerprint density at radius 1 is 0.730 bits per heavy atom. The standard InChI is InChI=1S/C14H26O5Si.C10H18O6Si/c1-4-17-20(18-5-2,19-6-3)9-7-8-12-10-13(15)11-14(12)16;1-13-17(14-2,15-3)6-4-5-8-7-9(11)16-10(8)12/h12H,4-11H2,1-3H3;8H,4-7H2,1-3H3. The van der Waals surface area contributed by atoms with E-state index in [1.54, 1.807) is 21.3 Å². The minimum atomic E-state index is -2.60. The van der Waals surface area contributed by atoms with Crippen LogP contribution in [0.25, 0.3) is 0 Å². The number of hydrogen-bond acceptors (Lipinski definition) is 11. The van der Waals surface area contributed by atoms with Crippen molar-refractivity contribution >= 4 is 41.1 Å². The lowest BCUT2D eigenvalue weighted by molar-refractivity contribution is -0.153. The van der Waals surface area contributed by atoms with E-state index in [0.717, 1.165) is 12.8 Å². The van der Waals surface area contributed by atoms with Gasteiger partial charge in [0.15, 0.2) is 0 Å². The maximum atomic E-state index is 11.6. The Morgan fingerprint density at radius 3 is 1.59 bits per heavy atom. The predicted octanol–water partition coefficient (Wildman–Crippen LogP) is 3.10. The number of rotatable bonds is 17. The number of hydrogen-bond donors (Lipinski definition) is 0.